The molecular weight excluding hydrogens is 450 g/mol. The number of thiazole rings is 1. The van der Waals surface area contributed by atoms with Crippen LogP contribution in [0.15, 0.2) is 59.1 Å². The Morgan fingerprint density at radius 2 is 2.00 bits per heavy atom. The van der Waals surface area contributed by atoms with E-state index in [0.717, 1.165) is 50.1 Å². The normalized spacial score (nSPS) is 13.2. The molecule has 0 saturated heterocycles. The molecule has 0 spiro atoms. The van der Waals surface area contributed by atoms with Crippen LogP contribution in [0.4, 0.5) is 5.69 Å². The minimum Gasteiger partial charge on any atom is -0.311 e. The molecule has 1 amide bonds. The predicted octanol–water partition coefficient (Wildman–Crippen LogP) is 5.30. The maximum Gasteiger partial charge on any atom is 0.237 e. The topological polar surface area (TPSA) is 63.4 Å². The van der Waals surface area contributed by atoms with Crippen molar-refractivity contribution >= 4 is 51.2 Å². The van der Waals surface area contributed by atoms with Crippen molar-refractivity contribution in [2.75, 3.05) is 17.2 Å². The number of pyridine rings is 1. The highest BCUT2D eigenvalue weighted by Gasteiger charge is 2.26. The number of fused-ring (bicyclic) bond motifs is 4. The molecule has 6 rings (SSSR count). The van der Waals surface area contributed by atoms with E-state index in [1.165, 1.54) is 22.9 Å². The Hall–Kier alpha value is -3.23. The van der Waals surface area contributed by atoms with Crippen molar-refractivity contribution < 1.29 is 4.79 Å². The summed E-state index contributed by atoms with van der Waals surface area (Å²) >= 11 is 3.09. The second-order valence-electron chi connectivity index (χ2n) is 8.20. The fourth-order valence-corrected chi connectivity index (χ4v) is 5.94. The third-order valence-electron chi connectivity index (χ3n) is 6.09. The van der Waals surface area contributed by atoms with Crippen molar-refractivity contribution in [1.29, 1.82) is 0 Å². The van der Waals surface area contributed by atoms with Crippen LogP contribution in [0.3, 0.4) is 0 Å². The van der Waals surface area contributed by atoms with E-state index in [1.807, 2.05) is 34.4 Å². The Morgan fingerprint density at radius 1 is 1.12 bits per heavy atom. The van der Waals surface area contributed by atoms with Crippen molar-refractivity contribution in [1.82, 2.24) is 19.6 Å². The second kappa shape index (κ2) is 7.97. The van der Waals surface area contributed by atoms with Crippen molar-refractivity contribution in [3.8, 4) is 11.3 Å². The number of carbonyl (C=O) groups is 1. The summed E-state index contributed by atoms with van der Waals surface area (Å²) in [7, 11) is 0. The first-order chi connectivity index (χ1) is 16.1. The molecular formula is C25H21N5OS2. The van der Waals surface area contributed by atoms with Crippen LogP contribution in [-0.4, -0.2) is 37.8 Å². The number of amides is 1. The number of anilines is 1. The summed E-state index contributed by atoms with van der Waals surface area (Å²) in [6, 6.07) is 16.6. The minimum absolute atomic E-state index is 0.0872. The molecule has 0 atom stereocenters. The van der Waals surface area contributed by atoms with Crippen molar-refractivity contribution in [3.63, 3.8) is 0 Å². The van der Waals surface area contributed by atoms with E-state index in [9.17, 15) is 4.79 Å². The van der Waals surface area contributed by atoms with Crippen molar-refractivity contribution in [3.05, 3.63) is 70.0 Å². The van der Waals surface area contributed by atoms with E-state index in [2.05, 4.69) is 57.8 Å². The molecule has 3 aromatic heterocycles. The largest absolute Gasteiger partial charge is 0.311 e. The van der Waals surface area contributed by atoms with E-state index < -0.39 is 0 Å². The zero-order valence-corrected chi connectivity index (χ0v) is 19.9. The van der Waals surface area contributed by atoms with E-state index >= 15 is 0 Å². The zero-order valence-electron chi connectivity index (χ0n) is 18.3. The third-order valence-corrected chi connectivity index (χ3v) is 7.78. The molecule has 4 heterocycles. The fourth-order valence-electron chi connectivity index (χ4n) is 4.49. The number of nitrogens with zero attached hydrogens (tertiary/aromatic N) is 5. The van der Waals surface area contributed by atoms with Crippen LogP contribution >= 0.6 is 23.1 Å². The Balaban J connectivity index is 1.24. The van der Waals surface area contributed by atoms with Gasteiger partial charge in [0.05, 0.1) is 22.0 Å². The number of aromatic nitrogens is 4. The molecule has 2 aromatic carbocycles. The number of para-hydroxylation sites is 1. The smallest absolute Gasteiger partial charge is 0.237 e. The highest BCUT2D eigenvalue weighted by molar-refractivity contribution is 7.99. The van der Waals surface area contributed by atoms with E-state index in [-0.39, 0.29) is 5.91 Å². The lowest BCUT2D eigenvalue weighted by molar-refractivity contribution is -0.116. The van der Waals surface area contributed by atoms with Gasteiger partial charge in [0.2, 0.25) is 5.91 Å². The highest BCUT2D eigenvalue weighted by Crippen LogP contribution is 2.34. The maximum atomic E-state index is 13.2. The number of carbonyl (C=O) groups excluding carboxylic acids is 1. The molecule has 0 bridgehead atoms. The van der Waals surface area contributed by atoms with Gasteiger partial charge in [0, 0.05) is 28.6 Å². The van der Waals surface area contributed by atoms with Gasteiger partial charge in [-0.1, -0.05) is 36.0 Å². The van der Waals surface area contributed by atoms with Gasteiger partial charge >= 0.3 is 0 Å². The van der Waals surface area contributed by atoms with Crippen LogP contribution in [0.25, 0.3) is 27.8 Å². The van der Waals surface area contributed by atoms with Crippen molar-refractivity contribution in [2.45, 2.75) is 25.4 Å². The number of rotatable bonds is 4. The summed E-state index contributed by atoms with van der Waals surface area (Å²) in [6.07, 6.45) is 0.862. The first kappa shape index (κ1) is 20.4. The summed E-state index contributed by atoms with van der Waals surface area (Å²) in [5.41, 5.74) is 7.34. The summed E-state index contributed by atoms with van der Waals surface area (Å²) in [5.74, 6) is 0.402. The number of thioether (sulfide) groups is 1. The summed E-state index contributed by atoms with van der Waals surface area (Å²) in [5, 5.41) is 13.8. The van der Waals surface area contributed by atoms with Gasteiger partial charge in [0.25, 0.3) is 0 Å². The predicted molar refractivity (Wildman–Crippen MR) is 134 cm³/mol. The molecule has 0 saturated carbocycles. The molecule has 5 aromatic rings. The van der Waals surface area contributed by atoms with Gasteiger partial charge < -0.3 is 4.90 Å². The van der Waals surface area contributed by atoms with Gasteiger partial charge in [-0.3, -0.25) is 9.20 Å². The summed E-state index contributed by atoms with van der Waals surface area (Å²) in [6.45, 7) is 4.80. The van der Waals surface area contributed by atoms with Gasteiger partial charge in [-0.05, 0) is 55.7 Å². The average Bonchev–Trinajstić information content (AvgIpc) is 3.55. The molecule has 8 heteroatoms. The molecule has 0 unspecified atom stereocenters. The van der Waals surface area contributed by atoms with Crippen LogP contribution in [0.5, 0.6) is 0 Å². The molecule has 0 aliphatic carbocycles. The zero-order chi connectivity index (χ0) is 22.5. The maximum absolute atomic E-state index is 13.2. The quantitative estimate of drug-likeness (QED) is 0.333. The van der Waals surface area contributed by atoms with Gasteiger partial charge in [-0.2, -0.15) is 0 Å². The molecule has 0 radical (unpaired) electrons. The van der Waals surface area contributed by atoms with Crippen LogP contribution in [0.2, 0.25) is 0 Å². The first-order valence-electron chi connectivity index (χ1n) is 10.8. The van der Waals surface area contributed by atoms with Crippen LogP contribution in [-0.2, 0) is 11.2 Å². The van der Waals surface area contributed by atoms with E-state index in [1.54, 1.807) is 11.3 Å². The lowest BCUT2D eigenvalue weighted by Crippen LogP contribution is -2.30. The van der Waals surface area contributed by atoms with Gasteiger partial charge in [0.1, 0.15) is 0 Å². The Morgan fingerprint density at radius 3 is 2.85 bits per heavy atom. The van der Waals surface area contributed by atoms with Gasteiger partial charge in [-0.15, -0.1) is 21.5 Å². The molecule has 0 fully saturated rings. The van der Waals surface area contributed by atoms with E-state index in [0.29, 0.717) is 12.3 Å². The summed E-state index contributed by atoms with van der Waals surface area (Å²) in [4.78, 5) is 19.6. The molecule has 1 aliphatic heterocycles. The molecule has 6 nitrogen and oxygen atoms in total. The number of hydrogen-bond donors (Lipinski definition) is 0. The lowest BCUT2D eigenvalue weighted by Gasteiger charge is -2.17. The summed E-state index contributed by atoms with van der Waals surface area (Å²) < 4.78 is 2.04. The molecule has 0 N–H and O–H groups in total. The van der Waals surface area contributed by atoms with Crippen LogP contribution in [0.1, 0.15) is 16.1 Å². The Labute approximate surface area is 199 Å². The van der Waals surface area contributed by atoms with Crippen molar-refractivity contribution in [2.24, 2.45) is 0 Å². The fraction of sp³-hybridized carbons (Fsp3) is 0.200. The second-order valence-corrected chi connectivity index (χ2v) is 10.2. The van der Waals surface area contributed by atoms with Crippen LogP contribution in [0, 0.1) is 13.8 Å². The standard InChI is InChI=1S/C25H21N5OS2/c1-15-11-23-27-28-25(30(23)22-6-4-3-5-19(15)22)33-14-24(31)29-10-9-18-12-17(7-8-21(18)29)20-13-32-16(2)26-20/h3-8,11-13H,9-10,14H2,1-2H3. The third kappa shape index (κ3) is 3.50. The Bertz CT molecular complexity index is 1540. The lowest BCUT2D eigenvalue weighted by atomic mass is 10.1. The Kier molecular flexibility index (Phi) is 4.92. The van der Waals surface area contributed by atoms with Crippen LogP contribution < -0.4 is 4.90 Å². The molecule has 1 aliphatic rings. The highest BCUT2D eigenvalue weighted by atomic mass is 32.2. The monoisotopic (exact) mass is 471 g/mol. The SMILES string of the molecule is Cc1nc(-c2ccc3c(c2)CCN3C(=O)CSc2nnc3cc(C)c4ccccc4n23)cs1. The minimum atomic E-state index is 0.0872. The van der Waals surface area contributed by atoms with E-state index in [4.69, 9.17) is 0 Å². The average molecular weight is 472 g/mol. The molecule has 164 valence electrons. The number of benzene rings is 2. The van der Waals surface area contributed by atoms with Gasteiger partial charge in [0.15, 0.2) is 10.8 Å². The number of aryl methyl sites for hydroxylation is 2. The molecule has 33 heavy (non-hydrogen) atoms. The number of hydrogen-bond acceptors (Lipinski definition) is 6. The van der Waals surface area contributed by atoms with Gasteiger partial charge in [-0.25, -0.2) is 4.98 Å². The first-order valence-corrected chi connectivity index (χ1v) is 12.7.